The summed E-state index contributed by atoms with van der Waals surface area (Å²) in [5.74, 6) is 0.493. The summed E-state index contributed by atoms with van der Waals surface area (Å²) in [5, 5.41) is 8.44. The molecule has 0 heterocycles. The van der Waals surface area contributed by atoms with Gasteiger partial charge in [0, 0.05) is 17.3 Å². The first-order valence-electron chi connectivity index (χ1n) is 8.19. The first kappa shape index (κ1) is 21.2. The number of carbonyl (C=O) groups excluding carboxylic acids is 1. The minimum atomic E-state index is -3.76. The van der Waals surface area contributed by atoms with Gasteiger partial charge in [-0.15, -0.1) is 0 Å². The van der Waals surface area contributed by atoms with Gasteiger partial charge in [0.15, 0.2) is 0 Å². The predicted molar refractivity (Wildman–Crippen MR) is 105 cm³/mol. The van der Waals surface area contributed by atoms with Crippen LogP contribution in [0.25, 0.3) is 0 Å². The van der Waals surface area contributed by atoms with Gasteiger partial charge in [0.2, 0.25) is 15.9 Å². The molecular formula is C18H22ClN3O4S. The van der Waals surface area contributed by atoms with Crippen molar-refractivity contribution in [1.82, 2.24) is 4.90 Å². The molecule has 0 aliphatic heterocycles. The molecule has 2 aromatic carbocycles. The number of anilines is 1. The third-order valence-electron chi connectivity index (χ3n) is 4.02. The second kappa shape index (κ2) is 9.18. The van der Waals surface area contributed by atoms with Crippen LogP contribution in [-0.2, 0) is 14.8 Å². The van der Waals surface area contributed by atoms with E-state index in [0.29, 0.717) is 29.6 Å². The van der Waals surface area contributed by atoms with Gasteiger partial charge in [-0.1, -0.05) is 11.6 Å². The van der Waals surface area contributed by atoms with Gasteiger partial charge in [-0.2, -0.15) is 0 Å². The maximum atomic E-state index is 12.4. The Hall–Kier alpha value is -2.13. The van der Waals surface area contributed by atoms with Crippen molar-refractivity contribution >= 4 is 33.2 Å². The van der Waals surface area contributed by atoms with Crippen LogP contribution in [0.15, 0.2) is 53.4 Å². The van der Waals surface area contributed by atoms with Gasteiger partial charge in [0.05, 0.1) is 10.9 Å². The van der Waals surface area contributed by atoms with Crippen LogP contribution >= 0.6 is 11.6 Å². The van der Waals surface area contributed by atoms with Crippen molar-refractivity contribution in [2.75, 3.05) is 25.5 Å². The fraction of sp³-hybridized carbons (Fsp3) is 0.278. The molecule has 0 saturated heterocycles. The SMILES string of the molecule is CC(C(=O)Nc1ccc(S(N)(=O)=O)cc1)N(C)CCOc1ccc(Cl)cc1. The molecule has 0 bridgehead atoms. The molecule has 146 valence electrons. The van der Waals surface area contributed by atoms with Gasteiger partial charge < -0.3 is 10.1 Å². The van der Waals surface area contributed by atoms with Gasteiger partial charge in [-0.05, 0) is 62.5 Å². The van der Waals surface area contributed by atoms with Crippen molar-refractivity contribution in [3.05, 3.63) is 53.6 Å². The number of sulfonamides is 1. The highest BCUT2D eigenvalue weighted by Gasteiger charge is 2.18. The van der Waals surface area contributed by atoms with E-state index in [1.807, 2.05) is 11.9 Å². The van der Waals surface area contributed by atoms with Crippen LogP contribution in [0.5, 0.6) is 5.75 Å². The highest BCUT2D eigenvalue weighted by Crippen LogP contribution is 2.16. The van der Waals surface area contributed by atoms with E-state index in [4.69, 9.17) is 21.5 Å². The van der Waals surface area contributed by atoms with E-state index in [1.165, 1.54) is 24.3 Å². The number of primary sulfonamides is 1. The molecule has 1 unspecified atom stereocenters. The Balaban J connectivity index is 1.83. The number of ether oxygens (including phenoxy) is 1. The van der Waals surface area contributed by atoms with Crippen LogP contribution in [0, 0.1) is 0 Å². The zero-order valence-electron chi connectivity index (χ0n) is 15.1. The first-order chi connectivity index (χ1) is 12.7. The minimum Gasteiger partial charge on any atom is -0.492 e. The maximum absolute atomic E-state index is 12.4. The highest BCUT2D eigenvalue weighted by molar-refractivity contribution is 7.89. The zero-order chi connectivity index (χ0) is 20.0. The monoisotopic (exact) mass is 411 g/mol. The van der Waals surface area contributed by atoms with E-state index in [1.54, 1.807) is 31.2 Å². The first-order valence-corrected chi connectivity index (χ1v) is 10.1. The van der Waals surface area contributed by atoms with Crippen molar-refractivity contribution in [2.24, 2.45) is 5.14 Å². The highest BCUT2D eigenvalue weighted by atomic mass is 35.5. The Morgan fingerprint density at radius 1 is 1.19 bits per heavy atom. The quantitative estimate of drug-likeness (QED) is 0.694. The number of nitrogens with one attached hydrogen (secondary N) is 1. The third kappa shape index (κ3) is 6.51. The van der Waals surface area contributed by atoms with E-state index < -0.39 is 16.1 Å². The van der Waals surface area contributed by atoms with Gasteiger partial charge in [0.1, 0.15) is 12.4 Å². The lowest BCUT2D eigenvalue weighted by Crippen LogP contribution is -2.41. The summed E-state index contributed by atoms with van der Waals surface area (Å²) in [6, 6.07) is 12.3. The summed E-state index contributed by atoms with van der Waals surface area (Å²) in [7, 11) is -1.94. The topological polar surface area (TPSA) is 102 Å². The average molecular weight is 412 g/mol. The molecule has 9 heteroatoms. The lowest BCUT2D eigenvalue weighted by atomic mass is 10.2. The van der Waals surface area contributed by atoms with Crippen molar-refractivity contribution in [2.45, 2.75) is 17.9 Å². The standard InChI is InChI=1S/C18H22ClN3O4S/c1-13(22(2)11-12-26-16-7-3-14(19)4-8-16)18(23)21-15-5-9-17(10-6-15)27(20,24)25/h3-10,13H,11-12H2,1-2H3,(H,21,23)(H2,20,24,25). The number of nitrogens with zero attached hydrogens (tertiary/aromatic N) is 1. The van der Waals surface area contributed by atoms with Gasteiger partial charge in [0.25, 0.3) is 0 Å². The second-order valence-corrected chi connectivity index (χ2v) is 8.02. The fourth-order valence-corrected chi connectivity index (χ4v) is 2.85. The number of carbonyl (C=O) groups is 1. The predicted octanol–water partition coefficient (Wildman–Crippen LogP) is 2.33. The molecule has 1 atom stereocenters. The lowest BCUT2D eigenvalue weighted by molar-refractivity contribution is -0.120. The summed E-state index contributed by atoms with van der Waals surface area (Å²) in [6.07, 6.45) is 0. The molecule has 0 spiro atoms. The molecule has 27 heavy (non-hydrogen) atoms. The number of hydrogen-bond acceptors (Lipinski definition) is 5. The molecule has 7 nitrogen and oxygen atoms in total. The average Bonchev–Trinajstić information content (AvgIpc) is 2.62. The van der Waals surface area contributed by atoms with Crippen LogP contribution in [0.2, 0.25) is 5.02 Å². The molecule has 0 saturated carbocycles. The maximum Gasteiger partial charge on any atom is 0.241 e. The Morgan fingerprint density at radius 3 is 2.33 bits per heavy atom. The van der Waals surface area contributed by atoms with Crippen LogP contribution in [0.3, 0.4) is 0 Å². The number of nitrogens with two attached hydrogens (primary N) is 1. The number of hydrogen-bond donors (Lipinski definition) is 2. The molecule has 0 aliphatic rings. The zero-order valence-corrected chi connectivity index (χ0v) is 16.6. The van der Waals surface area contributed by atoms with E-state index >= 15 is 0 Å². The van der Waals surface area contributed by atoms with Gasteiger partial charge in [-0.25, -0.2) is 13.6 Å². The second-order valence-electron chi connectivity index (χ2n) is 6.02. The third-order valence-corrected chi connectivity index (χ3v) is 5.20. The molecule has 2 aromatic rings. The number of amides is 1. The normalized spacial score (nSPS) is 12.6. The molecule has 0 radical (unpaired) electrons. The summed E-state index contributed by atoms with van der Waals surface area (Å²) >= 11 is 5.83. The molecular weight excluding hydrogens is 390 g/mol. The Morgan fingerprint density at radius 2 is 1.78 bits per heavy atom. The molecule has 0 aliphatic carbocycles. The molecule has 2 rings (SSSR count). The number of likely N-dealkylation sites (N-methyl/N-ethyl adjacent to an activating group) is 1. The Bertz CT molecular complexity index is 870. The van der Waals surface area contributed by atoms with Gasteiger partial charge >= 0.3 is 0 Å². The summed E-state index contributed by atoms with van der Waals surface area (Å²) < 4.78 is 28.1. The van der Waals surface area contributed by atoms with E-state index in [9.17, 15) is 13.2 Å². The Kier molecular flexibility index (Phi) is 7.20. The Labute approximate surface area is 164 Å². The fourth-order valence-electron chi connectivity index (χ4n) is 2.21. The summed E-state index contributed by atoms with van der Waals surface area (Å²) in [6.45, 7) is 2.73. The van der Waals surface area contributed by atoms with Crippen LogP contribution < -0.4 is 15.2 Å². The summed E-state index contributed by atoms with van der Waals surface area (Å²) in [5.41, 5.74) is 0.491. The van der Waals surface area contributed by atoms with Crippen LogP contribution in [0.1, 0.15) is 6.92 Å². The van der Waals surface area contributed by atoms with E-state index in [2.05, 4.69) is 5.32 Å². The van der Waals surface area contributed by atoms with E-state index in [0.717, 1.165) is 0 Å². The van der Waals surface area contributed by atoms with Crippen LogP contribution in [-0.4, -0.2) is 45.5 Å². The van der Waals surface area contributed by atoms with Crippen molar-refractivity contribution < 1.29 is 17.9 Å². The van der Waals surface area contributed by atoms with Crippen molar-refractivity contribution in [1.29, 1.82) is 0 Å². The minimum absolute atomic E-state index is 0.00925. The van der Waals surface area contributed by atoms with Crippen molar-refractivity contribution in [3.63, 3.8) is 0 Å². The summed E-state index contributed by atoms with van der Waals surface area (Å²) in [4.78, 5) is 14.2. The number of halogens is 1. The van der Waals surface area contributed by atoms with Gasteiger partial charge in [-0.3, -0.25) is 9.69 Å². The molecule has 0 fully saturated rings. The largest absolute Gasteiger partial charge is 0.492 e. The molecule has 0 aromatic heterocycles. The number of benzene rings is 2. The van der Waals surface area contributed by atoms with Crippen molar-refractivity contribution in [3.8, 4) is 5.75 Å². The molecule has 1 amide bonds. The van der Waals surface area contributed by atoms with Crippen LogP contribution in [0.4, 0.5) is 5.69 Å². The van der Waals surface area contributed by atoms with E-state index in [-0.39, 0.29) is 10.8 Å². The smallest absolute Gasteiger partial charge is 0.241 e. The molecule has 3 N–H and O–H groups in total. The number of rotatable bonds is 8. The lowest BCUT2D eigenvalue weighted by Gasteiger charge is -2.23.